The van der Waals surface area contributed by atoms with Gasteiger partial charge in [-0.2, -0.15) is 0 Å². The molecule has 10 nitrogen and oxygen atoms in total. The Kier molecular flexibility index (Phi) is 9.56. The maximum absolute atomic E-state index is 15.4. The number of β-amino-alcohol motifs (C(OH)–C–C–N with tert-alkyl or cyclic N) is 1. The number of aromatic nitrogens is 2. The van der Waals surface area contributed by atoms with E-state index >= 15 is 4.39 Å². The minimum Gasteiger partial charge on any atom is -0.443 e. The second-order valence-electron chi connectivity index (χ2n) is 11.1. The zero-order valence-corrected chi connectivity index (χ0v) is 24.2. The molecule has 1 aliphatic rings. The second-order valence-corrected chi connectivity index (χ2v) is 11.1. The Labute approximate surface area is 243 Å². The smallest absolute Gasteiger partial charge is 0.418 e. The van der Waals surface area contributed by atoms with Crippen LogP contribution in [0.5, 0.6) is 0 Å². The van der Waals surface area contributed by atoms with Gasteiger partial charge in [0.05, 0.1) is 24.0 Å². The lowest BCUT2D eigenvalue weighted by molar-refractivity contribution is 0.0318. The molecule has 1 aromatic carbocycles. The van der Waals surface area contributed by atoms with Crippen LogP contribution in [-0.4, -0.2) is 63.4 Å². The number of hydrogen-bond acceptors (Lipinski definition) is 8. The van der Waals surface area contributed by atoms with Gasteiger partial charge in [0.25, 0.3) is 0 Å². The molecule has 42 heavy (non-hydrogen) atoms. The number of rotatable bonds is 8. The average Bonchev–Trinajstić information content (AvgIpc) is 3.34. The van der Waals surface area contributed by atoms with Crippen LogP contribution in [0, 0.1) is 18.6 Å². The molecule has 3 N–H and O–H groups in total. The third kappa shape index (κ3) is 8.12. The third-order valence-corrected chi connectivity index (χ3v) is 6.54. The normalized spacial score (nSPS) is 14.9. The first-order valence-electron chi connectivity index (χ1n) is 13.7. The summed E-state index contributed by atoms with van der Waals surface area (Å²) in [4.78, 5) is 37.9. The van der Waals surface area contributed by atoms with Gasteiger partial charge >= 0.3 is 12.1 Å². The molecule has 0 unspecified atom stereocenters. The van der Waals surface area contributed by atoms with E-state index in [0.29, 0.717) is 25.1 Å². The number of hydrogen-bond donors (Lipinski definition) is 3. The second kappa shape index (κ2) is 13.1. The molecule has 1 atom stereocenters. The minimum atomic E-state index is -0.901. The average molecular weight is 583 g/mol. The summed E-state index contributed by atoms with van der Waals surface area (Å²) in [5.41, 5.74) is 1.10. The number of nitrogens with one attached hydrogen (secondary N) is 2. The van der Waals surface area contributed by atoms with Crippen molar-refractivity contribution in [1.29, 1.82) is 0 Å². The van der Waals surface area contributed by atoms with Crippen molar-refractivity contribution in [3.05, 3.63) is 77.1 Å². The number of benzene rings is 1. The van der Waals surface area contributed by atoms with E-state index in [1.165, 1.54) is 12.1 Å². The van der Waals surface area contributed by atoms with E-state index in [-0.39, 0.29) is 42.8 Å². The number of ether oxygens (including phenoxy) is 1. The summed E-state index contributed by atoms with van der Waals surface area (Å²) in [6.07, 6.45) is 0.945. The predicted molar refractivity (Wildman–Crippen MR) is 155 cm³/mol. The molecule has 0 radical (unpaired) electrons. The van der Waals surface area contributed by atoms with Crippen LogP contribution >= 0.6 is 0 Å². The molecule has 0 bridgehead atoms. The minimum absolute atomic E-state index is 0.00783. The molecule has 1 saturated heterocycles. The lowest BCUT2D eigenvalue weighted by Crippen LogP contribution is -2.43. The molecule has 0 spiro atoms. The van der Waals surface area contributed by atoms with Gasteiger partial charge in [0, 0.05) is 31.9 Å². The van der Waals surface area contributed by atoms with Crippen molar-refractivity contribution in [3.8, 4) is 0 Å². The van der Waals surface area contributed by atoms with Gasteiger partial charge in [0.1, 0.15) is 11.4 Å². The molecule has 3 amide bonds. The Morgan fingerprint density at radius 3 is 2.64 bits per heavy atom. The summed E-state index contributed by atoms with van der Waals surface area (Å²) in [5, 5.41) is 15.7. The summed E-state index contributed by atoms with van der Waals surface area (Å²) in [6, 6.07) is 9.96. The molecule has 1 fully saturated rings. The Balaban J connectivity index is 1.62. The molecular formula is C30H36F2N6O4. The van der Waals surface area contributed by atoms with Gasteiger partial charge in [-0.15, -0.1) is 0 Å². The maximum atomic E-state index is 15.4. The Morgan fingerprint density at radius 1 is 1.19 bits per heavy atom. The van der Waals surface area contributed by atoms with E-state index in [2.05, 4.69) is 20.6 Å². The SMILES string of the molecule is Cc1cccnc1CN(C(=O)Nc1cc(F)c(N2CC[C@@H](O)C2)nc1NCCc1cccc(F)c1)C(=O)OC(C)(C)C. The van der Waals surface area contributed by atoms with Gasteiger partial charge in [-0.1, -0.05) is 18.2 Å². The topological polar surface area (TPSA) is 120 Å². The van der Waals surface area contributed by atoms with Crippen LogP contribution in [0.2, 0.25) is 0 Å². The fourth-order valence-corrected chi connectivity index (χ4v) is 4.44. The van der Waals surface area contributed by atoms with E-state index < -0.39 is 29.6 Å². The van der Waals surface area contributed by atoms with Crippen molar-refractivity contribution in [2.45, 2.75) is 58.8 Å². The molecule has 0 saturated carbocycles. The molecule has 4 rings (SSSR count). The van der Waals surface area contributed by atoms with Crippen molar-refractivity contribution >= 4 is 29.4 Å². The zero-order valence-electron chi connectivity index (χ0n) is 24.2. The highest BCUT2D eigenvalue weighted by Crippen LogP contribution is 2.30. The summed E-state index contributed by atoms with van der Waals surface area (Å²) in [5.74, 6) is -0.901. The lowest BCUT2D eigenvalue weighted by Gasteiger charge is -2.27. The predicted octanol–water partition coefficient (Wildman–Crippen LogP) is 5.26. The number of carbonyl (C=O) groups excluding carboxylic acids is 2. The van der Waals surface area contributed by atoms with Crippen molar-refractivity contribution in [1.82, 2.24) is 14.9 Å². The van der Waals surface area contributed by atoms with E-state index in [1.807, 2.05) is 0 Å². The van der Waals surface area contributed by atoms with Crippen LogP contribution in [-0.2, 0) is 17.7 Å². The summed E-state index contributed by atoms with van der Waals surface area (Å²) < 4.78 is 34.5. The number of pyridine rings is 2. The molecular weight excluding hydrogens is 546 g/mol. The standard InChI is InChI=1S/C30H36F2N6O4/c1-19-7-6-12-33-25(19)18-38(29(41)42-30(2,3)4)28(40)35-24-16-23(32)27(37-14-11-22(39)17-37)36-26(24)34-13-10-20-8-5-9-21(31)15-20/h5-9,12,15-16,22,39H,10-11,13-14,17-18H2,1-4H3,(H,34,36)(H,35,40)/t22-/m1/s1. The molecule has 224 valence electrons. The first kappa shape index (κ1) is 30.6. The molecule has 0 aliphatic carbocycles. The number of nitrogens with zero attached hydrogens (tertiary/aromatic N) is 4. The largest absolute Gasteiger partial charge is 0.443 e. The number of aryl methyl sites for hydroxylation is 1. The fourth-order valence-electron chi connectivity index (χ4n) is 4.44. The lowest BCUT2D eigenvalue weighted by atomic mass is 10.1. The van der Waals surface area contributed by atoms with E-state index in [1.54, 1.807) is 63.1 Å². The molecule has 12 heteroatoms. The quantitative estimate of drug-likeness (QED) is 0.329. The van der Waals surface area contributed by atoms with Crippen molar-refractivity contribution in [2.24, 2.45) is 0 Å². The van der Waals surface area contributed by atoms with E-state index in [9.17, 15) is 19.1 Å². The van der Waals surface area contributed by atoms with Gasteiger partial charge < -0.3 is 25.4 Å². The fraction of sp³-hybridized carbons (Fsp3) is 0.400. The number of imide groups is 1. The molecule has 3 aromatic rings. The van der Waals surface area contributed by atoms with Crippen LogP contribution < -0.4 is 15.5 Å². The van der Waals surface area contributed by atoms with Gasteiger partial charge in [-0.05, 0) is 69.9 Å². The third-order valence-electron chi connectivity index (χ3n) is 6.54. The van der Waals surface area contributed by atoms with Crippen molar-refractivity contribution < 1.29 is 28.2 Å². The van der Waals surface area contributed by atoms with Crippen LogP contribution in [0.3, 0.4) is 0 Å². The van der Waals surface area contributed by atoms with E-state index in [0.717, 1.165) is 22.1 Å². The van der Waals surface area contributed by atoms with Gasteiger partial charge in [-0.25, -0.2) is 28.3 Å². The van der Waals surface area contributed by atoms with Gasteiger partial charge in [0.15, 0.2) is 17.5 Å². The Morgan fingerprint density at radius 2 is 1.98 bits per heavy atom. The first-order valence-corrected chi connectivity index (χ1v) is 13.7. The highest BCUT2D eigenvalue weighted by molar-refractivity contribution is 6.00. The van der Waals surface area contributed by atoms with E-state index in [4.69, 9.17) is 4.74 Å². The van der Waals surface area contributed by atoms with Gasteiger partial charge in [-0.3, -0.25) is 4.98 Å². The van der Waals surface area contributed by atoms with Gasteiger partial charge in [0.2, 0.25) is 0 Å². The van der Waals surface area contributed by atoms with Crippen molar-refractivity contribution in [3.63, 3.8) is 0 Å². The Bertz CT molecular complexity index is 1430. The summed E-state index contributed by atoms with van der Waals surface area (Å²) in [7, 11) is 0. The van der Waals surface area contributed by atoms with Crippen LogP contribution in [0.15, 0.2) is 48.7 Å². The number of halogens is 2. The molecule has 3 heterocycles. The molecule has 1 aliphatic heterocycles. The monoisotopic (exact) mass is 582 g/mol. The number of urea groups is 1. The number of aliphatic hydroxyl groups excluding tert-OH is 1. The maximum Gasteiger partial charge on any atom is 0.418 e. The number of anilines is 3. The number of aliphatic hydroxyl groups is 1. The Hall–Kier alpha value is -4.32. The van der Waals surface area contributed by atoms with Crippen LogP contribution in [0.4, 0.5) is 35.7 Å². The van der Waals surface area contributed by atoms with Crippen LogP contribution in [0.25, 0.3) is 0 Å². The van der Waals surface area contributed by atoms with Crippen LogP contribution in [0.1, 0.15) is 44.0 Å². The highest BCUT2D eigenvalue weighted by Gasteiger charge is 2.30. The zero-order chi connectivity index (χ0) is 30.4. The number of amides is 3. The molecule has 2 aromatic heterocycles. The van der Waals surface area contributed by atoms with Crippen molar-refractivity contribution in [2.75, 3.05) is 35.2 Å². The highest BCUT2D eigenvalue weighted by atomic mass is 19.1. The summed E-state index contributed by atoms with van der Waals surface area (Å²) in [6.45, 7) is 7.58. The first-order chi connectivity index (χ1) is 19.9. The summed E-state index contributed by atoms with van der Waals surface area (Å²) >= 11 is 0. The number of carbonyl (C=O) groups is 2.